The highest BCUT2D eigenvalue weighted by molar-refractivity contribution is 6.33. The third-order valence-corrected chi connectivity index (χ3v) is 5.73. The maximum atomic E-state index is 13.2. The molecule has 0 atom stereocenters. The number of rotatable bonds is 5. The van der Waals surface area contributed by atoms with E-state index in [0.717, 1.165) is 23.0 Å². The maximum absolute atomic E-state index is 13.2. The highest BCUT2D eigenvalue weighted by Gasteiger charge is 2.29. The van der Waals surface area contributed by atoms with E-state index < -0.39 is 29.7 Å². The predicted molar refractivity (Wildman–Crippen MR) is 119 cm³/mol. The molecule has 3 aromatic rings. The van der Waals surface area contributed by atoms with Gasteiger partial charge in [0, 0.05) is 18.7 Å². The van der Waals surface area contributed by atoms with Crippen molar-refractivity contribution >= 4 is 40.2 Å². The first-order valence-corrected chi connectivity index (χ1v) is 10.4. The number of anilines is 1. The third kappa shape index (κ3) is 3.91. The highest BCUT2D eigenvalue weighted by Crippen LogP contribution is 2.39. The lowest BCUT2D eigenvalue weighted by Crippen LogP contribution is -2.42. The number of nitrogens with one attached hydrogen (secondary N) is 1. The zero-order chi connectivity index (χ0) is 23.2. The van der Waals surface area contributed by atoms with E-state index in [-0.39, 0.29) is 22.5 Å². The largest absolute Gasteiger partial charge is 0.465 e. The number of aromatic nitrogens is 3. The van der Waals surface area contributed by atoms with Crippen LogP contribution in [0.25, 0.3) is 11.0 Å². The molecular formula is C22H21ClN4O5. The smallest absolute Gasteiger partial charge is 0.338 e. The van der Waals surface area contributed by atoms with Crippen LogP contribution in [0.3, 0.4) is 0 Å². The molecule has 0 unspecified atom stereocenters. The Labute approximate surface area is 187 Å². The number of hydrogen-bond acceptors (Lipinski definition) is 6. The van der Waals surface area contributed by atoms with Crippen LogP contribution in [0, 0.1) is 6.92 Å². The maximum Gasteiger partial charge on any atom is 0.338 e. The summed E-state index contributed by atoms with van der Waals surface area (Å²) in [5.74, 6) is -1.14. The van der Waals surface area contributed by atoms with Gasteiger partial charge in [-0.3, -0.25) is 18.7 Å². The molecule has 1 aliphatic rings. The van der Waals surface area contributed by atoms with Crippen LogP contribution < -0.4 is 16.6 Å². The summed E-state index contributed by atoms with van der Waals surface area (Å²) >= 11 is 6.15. The van der Waals surface area contributed by atoms with Gasteiger partial charge in [-0.25, -0.2) is 14.6 Å². The Morgan fingerprint density at radius 1 is 1.25 bits per heavy atom. The zero-order valence-corrected chi connectivity index (χ0v) is 18.5. The van der Waals surface area contributed by atoms with Crippen molar-refractivity contribution in [2.24, 2.45) is 7.05 Å². The van der Waals surface area contributed by atoms with Gasteiger partial charge < -0.3 is 10.1 Å². The number of nitrogens with zero attached hydrogens (tertiary/aromatic N) is 3. The summed E-state index contributed by atoms with van der Waals surface area (Å²) in [7, 11) is 2.66. The van der Waals surface area contributed by atoms with Gasteiger partial charge in [0.25, 0.3) is 5.56 Å². The van der Waals surface area contributed by atoms with Gasteiger partial charge in [0.15, 0.2) is 0 Å². The van der Waals surface area contributed by atoms with Gasteiger partial charge in [-0.05, 0) is 43.5 Å². The Morgan fingerprint density at radius 3 is 2.59 bits per heavy atom. The van der Waals surface area contributed by atoms with Gasteiger partial charge in [-0.2, -0.15) is 0 Å². The molecule has 32 heavy (non-hydrogen) atoms. The Kier molecular flexibility index (Phi) is 5.60. The minimum absolute atomic E-state index is 0.0238. The van der Waals surface area contributed by atoms with E-state index in [4.69, 9.17) is 16.3 Å². The Balaban J connectivity index is 1.81. The van der Waals surface area contributed by atoms with Crippen LogP contribution in [0.1, 0.15) is 40.4 Å². The number of methoxy groups -OCH3 is 1. The van der Waals surface area contributed by atoms with Crippen LogP contribution >= 0.6 is 11.6 Å². The lowest BCUT2D eigenvalue weighted by Gasteiger charge is -2.14. The number of hydrogen-bond donors (Lipinski definition) is 1. The number of fused-ring (bicyclic) bond motifs is 1. The first-order valence-electron chi connectivity index (χ1n) is 10.00. The van der Waals surface area contributed by atoms with E-state index in [2.05, 4.69) is 10.3 Å². The van der Waals surface area contributed by atoms with Crippen molar-refractivity contribution < 1.29 is 14.3 Å². The molecule has 0 saturated heterocycles. The van der Waals surface area contributed by atoms with E-state index in [1.165, 1.54) is 24.8 Å². The van der Waals surface area contributed by atoms with Crippen LogP contribution in [0.4, 0.5) is 5.69 Å². The minimum atomic E-state index is -0.788. The number of carbonyl (C=O) groups excluding carboxylic acids is 2. The van der Waals surface area contributed by atoms with Gasteiger partial charge in [0.2, 0.25) is 5.91 Å². The molecule has 0 aliphatic heterocycles. The van der Waals surface area contributed by atoms with Gasteiger partial charge >= 0.3 is 11.7 Å². The van der Waals surface area contributed by atoms with E-state index in [1.807, 2.05) is 6.92 Å². The topological polar surface area (TPSA) is 112 Å². The van der Waals surface area contributed by atoms with Crippen molar-refractivity contribution in [3.05, 3.63) is 66.9 Å². The number of aryl methyl sites for hydroxylation is 2. The van der Waals surface area contributed by atoms with Crippen molar-refractivity contribution in [3.63, 3.8) is 0 Å². The quantitative estimate of drug-likeness (QED) is 0.590. The number of carbonyl (C=O) groups is 2. The molecule has 0 bridgehead atoms. The summed E-state index contributed by atoms with van der Waals surface area (Å²) in [4.78, 5) is 55.7. The average Bonchev–Trinajstić information content (AvgIpc) is 3.61. The molecule has 4 rings (SSSR count). The zero-order valence-electron chi connectivity index (χ0n) is 17.8. The number of benzene rings is 1. The number of amides is 1. The van der Waals surface area contributed by atoms with E-state index in [1.54, 1.807) is 18.2 Å². The first kappa shape index (κ1) is 21.8. The monoisotopic (exact) mass is 456 g/mol. The summed E-state index contributed by atoms with van der Waals surface area (Å²) in [6.45, 7) is 1.30. The van der Waals surface area contributed by atoms with E-state index in [0.29, 0.717) is 16.4 Å². The molecule has 0 spiro atoms. The van der Waals surface area contributed by atoms with Crippen molar-refractivity contribution in [1.29, 1.82) is 0 Å². The number of pyridine rings is 1. The summed E-state index contributed by atoms with van der Waals surface area (Å²) in [6, 6.07) is 6.63. The SMILES string of the molecule is COC(=O)c1cc(C2CC2)nc2c1c(=O)n(CC(=O)Nc1ccc(C)cc1Cl)c(=O)n2C. The molecule has 2 aromatic heterocycles. The minimum Gasteiger partial charge on any atom is -0.465 e. The standard InChI is InChI=1S/C22H21ClN4O5/c1-11-4-7-15(14(23)8-11)24-17(28)10-27-20(29)18-13(21(30)32-3)9-16(12-5-6-12)25-19(18)26(2)22(27)31/h4,7-9,12H,5-6,10H2,1-3H3,(H,24,28). The van der Waals surface area contributed by atoms with E-state index in [9.17, 15) is 19.2 Å². The summed E-state index contributed by atoms with van der Waals surface area (Å²) in [6.07, 6.45) is 1.84. The molecule has 1 saturated carbocycles. The molecular weight excluding hydrogens is 436 g/mol. The molecule has 1 fully saturated rings. The average molecular weight is 457 g/mol. The fourth-order valence-corrected chi connectivity index (χ4v) is 3.83. The first-order chi connectivity index (χ1) is 15.2. The second-order valence-corrected chi connectivity index (χ2v) is 8.23. The molecule has 10 heteroatoms. The van der Waals surface area contributed by atoms with Gasteiger partial charge in [0.05, 0.1) is 28.8 Å². The fraction of sp³-hybridized carbons (Fsp3) is 0.318. The van der Waals surface area contributed by atoms with Gasteiger partial charge in [-0.1, -0.05) is 17.7 Å². The van der Waals surface area contributed by atoms with Crippen molar-refractivity contribution in [3.8, 4) is 0 Å². The van der Waals surface area contributed by atoms with Crippen LogP contribution in [-0.2, 0) is 23.1 Å². The van der Waals surface area contributed by atoms with Crippen LogP contribution in [0.5, 0.6) is 0 Å². The molecule has 1 amide bonds. The second kappa shape index (κ2) is 8.23. The second-order valence-electron chi connectivity index (χ2n) is 7.82. The van der Waals surface area contributed by atoms with Crippen LogP contribution in [0.15, 0.2) is 33.9 Å². The van der Waals surface area contributed by atoms with Crippen molar-refractivity contribution in [1.82, 2.24) is 14.1 Å². The number of halogens is 1. The number of esters is 1. The number of ether oxygens (including phenoxy) is 1. The molecule has 1 N–H and O–H groups in total. The summed E-state index contributed by atoms with van der Waals surface area (Å²) < 4.78 is 6.79. The fourth-order valence-electron chi connectivity index (χ4n) is 3.55. The molecule has 1 aromatic carbocycles. The predicted octanol–water partition coefficient (Wildman–Crippen LogP) is 2.36. The Bertz CT molecular complexity index is 1390. The van der Waals surface area contributed by atoms with Gasteiger partial charge in [0.1, 0.15) is 12.2 Å². The molecule has 9 nitrogen and oxygen atoms in total. The summed E-state index contributed by atoms with van der Waals surface area (Å²) in [5.41, 5.74) is 0.517. The van der Waals surface area contributed by atoms with Crippen LogP contribution in [-0.4, -0.2) is 33.1 Å². The third-order valence-electron chi connectivity index (χ3n) is 5.42. The Hall–Kier alpha value is -3.46. The highest BCUT2D eigenvalue weighted by atomic mass is 35.5. The normalized spacial score (nSPS) is 13.2. The van der Waals surface area contributed by atoms with Crippen molar-refractivity contribution in [2.45, 2.75) is 32.2 Å². The van der Waals surface area contributed by atoms with Gasteiger partial charge in [-0.15, -0.1) is 0 Å². The molecule has 0 radical (unpaired) electrons. The molecule has 1 aliphatic carbocycles. The lowest BCUT2D eigenvalue weighted by molar-refractivity contribution is -0.116. The van der Waals surface area contributed by atoms with Crippen LogP contribution in [0.2, 0.25) is 5.02 Å². The van der Waals surface area contributed by atoms with E-state index >= 15 is 0 Å². The van der Waals surface area contributed by atoms with Crippen molar-refractivity contribution in [2.75, 3.05) is 12.4 Å². The molecule has 2 heterocycles. The Morgan fingerprint density at radius 2 is 1.97 bits per heavy atom. The summed E-state index contributed by atoms with van der Waals surface area (Å²) in [5, 5.41) is 2.87. The lowest BCUT2D eigenvalue weighted by atomic mass is 10.1. The molecule has 166 valence electrons.